The summed E-state index contributed by atoms with van der Waals surface area (Å²) in [7, 11) is 1.23. The summed E-state index contributed by atoms with van der Waals surface area (Å²) in [5, 5.41) is 13.2. The summed E-state index contributed by atoms with van der Waals surface area (Å²) in [4.78, 5) is 33.6. The number of benzene rings is 1. The predicted molar refractivity (Wildman–Crippen MR) is 71.2 cm³/mol. The van der Waals surface area contributed by atoms with Crippen molar-refractivity contribution in [2.24, 2.45) is 5.92 Å². The standard InChI is InChI=1S/C13H16N2O5/c1-8(2)11(13(17)20-3)14-12(16)9-5-4-6-10(7-9)15(18)19/h4-8,11H,1-3H3,(H,14,16)/t11-/m0/s1. The molecule has 1 aromatic carbocycles. The maximum Gasteiger partial charge on any atom is 0.328 e. The number of carbonyl (C=O) groups excluding carboxylic acids is 2. The summed E-state index contributed by atoms with van der Waals surface area (Å²) in [5.41, 5.74) is -0.0643. The Bertz CT molecular complexity index is 527. The van der Waals surface area contributed by atoms with Gasteiger partial charge in [-0.3, -0.25) is 14.9 Å². The molecule has 1 N–H and O–H groups in total. The maximum atomic E-state index is 12.0. The van der Waals surface area contributed by atoms with Crippen molar-refractivity contribution in [3.05, 3.63) is 39.9 Å². The molecule has 0 aliphatic rings. The zero-order valence-electron chi connectivity index (χ0n) is 11.5. The van der Waals surface area contributed by atoms with Crippen molar-refractivity contribution in [2.45, 2.75) is 19.9 Å². The molecule has 1 rings (SSSR count). The number of nitrogens with one attached hydrogen (secondary N) is 1. The normalized spacial score (nSPS) is 11.8. The van der Waals surface area contributed by atoms with Crippen LogP contribution in [-0.2, 0) is 9.53 Å². The Hall–Kier alpha value is -2.44. The Morgan fingerprint density at radius 3 is 2.50 bits per heavy atom. The van der Waals surface area contributed by atoms with Crippen LogP contribution in [0.1, 0.15) is 24.2 Å². The van der Waals surface area contributed by atoms with E-state index in [1.54, 1.807) is 13.8 Å². The molecule has 0 spiro atoms. The van der Waals surface area contributed by atoms with Crippen LogP contribution in [0.4, 0.5) is 5.69 Å². The molecule has 0 fully saturated rings. The predicted octanol–water partition coefficient (Wildman–Crippen LogP) is 1.52. The van der Waals surface area contributed by atoms with Gasteiger partial charge in [0, 0.05) is 17.7 Å². The zero-order chi connectivity index (χ0) is 15.3. The van der Waals surface area contributed by atoms with Crippen molar-refractivity contribution >= 4 is 17.6 Å². The molecule has 1 amide bonds. The topological polar surface area (TPSA) is 98.5 Å². The van der Waals surface area contributed by atoms with E-state index in [1.807, 2.05) is 0 Å². The van der Waals surface area contributed by atoms with E-state index >= 15 is 0 Å². The van der Waals surface area contributed by atoms with E-state index < -0.39 is 22.8 Å². The highest BCUT2D eigenvalue weighted by Crippen LogP contribution is 2.14. The fourth-order valence-electron chi connectivity index (χ4n) is 1.61. The molecule has 108 valence electrons. The number of nitrogens with zero attached hydrogens (tertiary/aromatic N) is 1. The number of esters is 1. The van der Waals surface area contributed by atoms with Crippen molar-refractivity contribution in [3.8, 4) is 0 Å². The number of ether oxygens (including phenoxy) is 1. The van der Waals surface area contributed by atoms with Gasteiger partial charge < -0.3 is 10.1 Å². The molecule has 0 heterocycles. The molecule has 1 atom stereocenters. The van der Waals surface area contributed by atoms with Crippen molar-refractivity contribution in [3.63, 3.8) is 0 Å². The van der Waals surface area contributed by atoms with E-state index in [0.717, 1.165) is 6.07 Å². The summed E-state index contributed by atoms with van der Waals surface area (Å²) < 4.78 is 4.61. The molecule has 0 aliphatic carbocycles. The van der Waals surface area contributed by atoms with Crippen LogP contribution in [0.5, 0.6) is 0 Å². The largest absolute Gasteiger partial charge is 0.467 e. The summed E-state index contributed by atoms with van der Waals surface area (Å²) in [6.45, 7) is 3.52. The summed E-state index contributed by atoms with van der Waals surface area (Å²) in [5.74, 6) is -1.28. The minimum atomic E-state index is -0.799. The Morgan fingerprint density at radius 2 is 2.00 bits per heavy atom. The number of nitro benzene ring substituents is 1. The van der Waals surface area contributed by atoms with Crippen LogP contribution in [-0.4, -0.2) is 30.0 Å². The second kappa shape index (κ2) is 6.65. The molecule has 7 nitrogen and oxygen atoms in total. The quantitative estimate of drug-likeness (QED) is 0.501. The Labute approximate surface area is 116 Å². The second-order valence-electron chi connectivity index (χ2n) is 4.53. The lowest BCUT2D eigenvalue weighted by Crippen LogP contribution is -2.45. The SMILES string of the molecule is COC(=O)[C@@H](NC(=O)c1cccc([N+](=O)[O-])c1)C(C)C. The van der Waals surface area contributed by atoms with Crippen LogP contribution in [0.25, 0.3) is 0 Å². The van der Waals surface area contributed by atoms with Gasteiger partial charge in [-0.1, -0.05) is 19.9 Å². The first-order chi connectivity index (χ1) is 9.36. The summed E-state index contributed by atoms with van der Waals surface area (Å²) in [6.07, 6.45) is 0. The Kier molecular flexibility index (Phi) is 5.19. The van der Waals surface area contributed by atoms with Crippen molar-refractivity contribution in [1.82, 2.24) is 5.32 Å². The number of methoxy groups -OCH3 is 1. The zero-order valence-corrected chi connectivity index (χ0v) is 11.5. The molecule has 0 radical (unpaired) electrons. The van der Waals surface area contributed by atoms with Gasteiger partial charge in [0.05, 0.1) is 12.0 Å². The van der Waals surface area contributed by atoms with E-state index in [2.05, 4.69) is 10.1 Å². The van der Waals surface area contributed by atoms with Gasteiger partial charge in [0.25, 0.3) is 11.6 Å². The van der Waals surface area contributed by atoms with Crippen molar-refractivity contribution < 1.29 is 19.2 Å². The van der Waals surface area contributed by atoms with Crippen LogP contribution in [0.3, 0.4) is 0 Å². The van der Waals surface area contributed by atoms with Crippen LogP contribution in [0.2, 0.25) is 0 Å². The fourth-order valence-corrected chi connectivity index (χ4v) is 1.61. The smallest absolute Gasteiger partial charge is 0.328 e. The molecular weight excluding hydrogens is 264 g/mol. The van der Waals surface area contributed by atoms with Gasteiger partial charge in [-0.2, -0.15) is 0 Å². The van der Waals surface area contributed by atoms with Crippen molar-refractivity contribution in [1.29, 1.82) is 0 Å². The van der Waals surface area contributed by atoms with Gasteiger partial charge in [0.2, 0.25) is 0 Å². The number of amides is 1. The molecule has 0 saturated heterocycles. The number of rotatable bonds is 5. The lowest BCUT2D eigenvalue weighted by molar-refractivity contribution is -0.384. The molecule has 0 aromatic heterocycles. The van der Waals surface area contributed by atoms with Gasteiger partial charge in [0.1, 0.15) is 6.04 Å². The van der Waals surface area contributed by atoms with Crippen LogP contribution in [0.15, 0.2) is 24.3 Å². The van der Waals surface area contributed by atoms with Crippen LogP contribution < -0.4 is 5.32 Å². The molecule has 0 saturated carbocycles. The van der Waals surface area contributed by atoms with E-state index in [1.165, 1.54) is 25.3 Å². The number of carbonyl (C=O) groups is 2. The maximum absolute atomic E-state index is 12.0. The molecular formula is C13H16N2O5. The van der Waals surface area contributed by atoms with Gasteiger partial charge in [-0.15, -0.1) is 0 Å². The van der Waals surface area contributed by atoms with Crippen LogP contribution >= 0.6 is 0 Å². The van der Waals surface area contributed by atoms with Gasteiger partial charge in [-0.05, 0) is 12.0 Å². The fraction of sp³-hybridized carbons (Fsp3) is 0.385. The molecule has 0 aliphatic heterocycles. The molecule has 7 heteroatoms. The first kappa shape index (κ1) is 15.6. The van der Waals surface area contributed by atoms with Crippen LogP contribution in [0, 0.1) is 16.0 Å². The third-order valence-electron chi connectivity index (χ3n) is 2.73. The van der Waals surface area contributed by atoms with Gasteiger partial charge in [-0.25, -0.2) is 4.79 Å². The lowest BCUT2D eigenvalue weighted by atomic mass is 10.0. The van der Waals surface area contributed by atoms with E-state index in [9.17, 15) is 19.7 Å². The summed E-state index contributed by atoms with van der Waals surface area (Å²) in [6, 6.07) is 4.50. The number of hydrogen-bond acceptors (Lipinski definition) is 5. The van der Waals surface area contributed by atoms with E-state index in [4.69, 9.17) is 0 Å². The first-order valence-electron chi connectivity index (χ1n) is 6.00. The second-order valence-corrected chi connectivity index (χ2v) is 4.53. The monoisotopic (exact) mass is 280 g/mol. The first-order valence-corrected chi connectivity index (χ1v) is 6.00. The minimum absolute atomic E-state index is 0.119. The molecule has 1 aromatic rings. The van der Waals surface area contributed by atoms with E-state index in [-0.39, 0.29) is 17.2 Å². The highest BCUT2D eigenvalue weighted by molar-refractivity contribution is 5.97. The van der Waals surface area contributed by atoms with Crippen molar-refractivity contribution in [2.75, 3.05) is 7.11 Å². The van der Waals surface area contributed by atoms with Gasteiger partial charge in [0.15, 0.2) is 0 Å². The average Bonchev–Trinajstić information content (AvgIpc) is 2.43. The third kappa shape index (κ3) is 3.78. The summed E-state index contributed by atoms with van der Waals surface area (Å²) >= 11 is 0. The highest BCUT2D eigenvalue weighted by atomic mass is 16.6. The van der Waals surface area contributed by atoms with Gasteiger partial charge >= 0.3 is 5.97 Å². The molecule has 20 heavy (non-hydrogen) atoms. The Balaban J connectivity index is 2.92. The Morgan fingerprint density at radius 1 is 1.35 bits per heavy atom. The third-order valence-corrected chi connectivity index (χ3v) is 2.73. The average molecular weight is 280 g/mol. The lowest BCUT2D eigenvalue weighted by Gasteiger charge is -2.19. The number of nitro groups is 1. The number of non-ortho nitro benzene ring substituents is 1. The minimum Gasteiger partial charge on any atom is -0.467 e. The molecule has 0 unspecified atom stereocenters. The highest BCUT2D eigenvalue weighted by Gasteiger charge is 2.25. The number of hydrogen-bond donors (Lipinski definition) is 1. The molecule has 0 bridgehead atoms. The van der Waals surface area contributed by atoms with E-state index in [0.29, 0.717) is 0 Å².